The number of hydrogen-bond acceptors (Lipinski definition) is 3. The van der Waals surface area contributed by atoms with Crippen LogP contribution in [0.5, 0.6) is 0 Å². The predicted octanol–water partition coefficient (Wildman–Crippen LogP) is 2.76. The molecule has 0 atom stereocenters. The summed E-state index contributed by atoms with van der Waals surface area (Å²) in [5.41, 5.74) is 4.83. The number of benzene rings is 1. The van der Waals surface area contributed by atoms with Gasteiger partial charge in [-0.3, -0.25) is 9.78 Å². The van der Waals surface area contributed by atoms with Crippen molar-refractivity contribution in [2.75, 3.05) is 5.32 Å². The van der Waals surface area contributed by atoms with E-state index in [2.05, 4.69) is 42.3 Å². The van der Waals surface area contributed by atoms with Crippen molar-refractivity contribution in [3.63, 3.8) is 0 Å². The number of anilines is 1. The summed E-state index contributed by atoms with van der Waals surface area (Å²) in [6.07, 6.45) is 4.25. The monoisotopic (exact) mass is 284 g/mol. The van der Waals surface area contributed by atoms with Crippen LogP contribution in [0.1, 0.15) is 28.7 Å². The second-order valence-electron chi connectivity index (χ2n) is 5.24. The molecule has 1 amide bonds. The van der Waals surface area contributed by atoms with Crippen LogP contribution in [0.25, 0.3) is 0 Å². The molecule has 2 aromatic rings. The summed E-state index contributed by atoms with van der Waals surface area (Å²) in [5.74, 6) is -0.0724. The molecule has 21 heavy (non-hydrogen) atoms. The van der Waals surface area contributed by atoms with Gasteiger partial charge in [-0.25, -0.2) is 0 Å². The van der Waals surface area contributed by atoms with Gasteiger partial charge >= 0.3 is 0 Å². The highest BCUT2D eigenvalue weighted by Crippen LogP contribution is 2.15. The molecule has 1 aromatic carbocycles. The maximum Gasteiger partial charge on any atom is 0.224 e. The summed E-state index contributed by atoms with van der Waals surface area (Å²) in [6.45, 7) is 3.99. The zero-order chi connectivity index (χ0) is 15.2. The summed E-state index contributed by atoms with van der Waals surface area (Å²) in [5, 5.41) is 12.0. The zero-order valence-corrected chi connectivity index (χ0v) is 12.4. The molecule has 4 heteroatoms. The molecule has 0 aliphatic rings. The number of aromatic nitrogens is 1. The zero-order valence-electron chi connectivity index (χ0n) is 12.4. The first-order chi connectivity index (χ1) is 10.1. The van der Waals surface area contributed by atoms with Crippen LogP contribution < -0.4 is 5.32 Å². The molecule has 110 valence electrons. The Bertz CT molecular complexity index is 618. The molecule has 0 fully saturated rings. The van der Waals surface area contributed by atoms with E-state index < -0.39 is 0 Å². The molecule has 0 radical (unpaired) electrons. The average Bonchev–Trinajstić information content (AvgIpc) is 2.45. The van der Waals surface area contributed by atoms with Gasteiger partial charge in [0.25, 0.3) is 0 Å². The maximum absolute atomic E-state index is 12.0. The van der Waals surface area contributed by atoms with Crippen molar-refractivity contribution < 1.29 is 9.90 Å². The number of carbonyl (C=O) groups excluding carboxylic acids is 1. The van der Waals surface area contributed by atoms with Crippen molar-refractivity contribution in [2.24, 2.45) is 0 Å². The molecule has 4 nitrogen and oxygen atoms in total. The Hall–Kier alpha value is -2.20. The molecule has 1 heterocycles. The number of amides is 1. The highest BCUT2D eigenvalue weighted by atomic mass is 16.3. The molecule has 2 N–H and O–H groups in total. The van der Waals surface area contributed by atoms with Gasteiger partial charge in [0.05, 0.1) is 18.5 Å². The van der Waals surface area contributed by atoms with E-state index in [1.54, 1.807) is 18.5 Å². The van der Waals surface area contributed by atoms with E-state index in [1.807, 2.05) is 0 Å². The van der Waals surface area contributed by atoms with Crippen LogP contribution in [-0.2, 0) is 17.8 Å². The quantitative estimate of drug-likeness (QED) is 0.887. The maximum atomic E-state index is 12.0. The van der Waals surface area contributed by atoms with Crippen LogP contribution >= 0.6 is 0 Å². The second-order valence-corrected chi connectivity index (χ2v) is 5.24. The molecule has 2 rings (SSSR count). The van der Waals surface area contributed by atoms with Crippen LogP contribution in [0.4, 0.5) is 5.69 Å². The highest BCUT2D eigenvalue weighted by Gasteiger charge is 2.07. The van der Waals surface area contributed by atoms with Gasteiger partial charge < -0.3 is 10.4 Å². The van der Waals surface area contributed by atoms with Crippen molar-refractivity contribution in [2.45, 2.75) is 33.3 Å². The lowest BCUT2D eigenvalue weighted by molar-refractivity contribution is -0.116. The minimum Gasteiger partial charge on any atom is -0.392 e. The molecule has 0 spiro atoms. The smallest absolute Gasteiger partial charge is 0.224 e. The topological polar surface area (TPSA) is 62.2 Å². The Balaban J connectivity index is 1.96. The van der Waals surface area contributed by atoms with Gasteiger partial charge in [0.2, 0.25) is 5.91 Å². The fourth-order valence-corrected chi connectivity index (χ4v) is 2.36. The largest absolute Gasteiger partial charge is 0.392 e. The molecular weight excluding hydrogens is 264 g/mol. The Kier molecular flexibility index (Phi) is 5.06. The normalized spacial score (nSPS) is 10.4. The van der Waals surface area contributed by atoms with Crippen LogP contribution in [0, 0.1) is 13.8 Å². The lowest BCUT2D eigenvalue weighted by atomic mass is 10.0. The third-order valence-electron chi connectivity index (χ3n) is 3.28. The molecule has 0 unspecified atom stereocenters. The molecule has 0 aliphatic heterocycles. The van der Waals surface area contributed by atoms with Crippen LogP contribution in [0.3, 0.4) is 0 Å². The summed E-state index contributed by atoms with van der Waals surface area (Å²) in [4.78, 5) is 16.0. The Labute approximate surface area is 124 Å². The molecule has 0 saturated heterocycles. The van der Waals surface area contributed by atoms with Gasteiger partial charge in [0.1, 0.15) is 0 Å². The number of nitrogens with one attached hydrogen (secondary N) is 1. The second kappa shape index (κ2) is 6.99. The van der Waals surface area contributed by atoms with Crippen molar-refractivity contribution >= 4 is 11.6 Å². The lowest BCUT2D eigenvalue weighted by Crippen LogP contribution is -2.14. The fourth-order valence-electron chi connectivity index (χ4n) is 2.36. The van der Waals surface area contributed by atoms with E-state index in [4.69, 9.17) is 0 Å². The predicted molar refractivity (Wildman–Crippen MR) is 83.0 cm³/mol. The summed E-state index contributed by atoms with van der Waals surface area (Å²) < 4.78 is 0. The third-order valence-corrected chi connectivity index (χ3v) is 3.28. The van der Waals surface area contributed by atoms with E-state index in [0.717, 1.165) is 5.56 Å². The Morgan fingerprint density at radius 2 is 1.95 bits per heavy atom. The van der Waals surface area contributed by atoms with E-state index in [-0.39, 0.29) is 12.5 Å². The summed E-state index contributed by atoms with van der Waals surface area (Å²) >= 11 is 0. The van der Waals surface area contributed by atoms with Gasteiger partial charge in [0, 0.05) is 18.2 Å². The van der Waals surface area contributed by atoms with Crippen molar-refractivity contribution in [1.29, 1.82) is 0 Å². The van der Waals surface area contributed by atoms with Crippen molar-refractivity contribution in [3.8, 4) is 0 Å². The standard InChI is InChI=1S/C17H20N2O2/c1-12-7-13(2)9-14(8-12)3-4-17(21)19-16-10-18-6-5-15(16)11-20/h5-10,20H,3-4,11H2,1-2H3,(H,19,21). The van der Waals surface area contributed by atoms with Gasteiger partial charge in [-0.05, 0) is 31.9 Å². The minimum atomic E-state index is -0.116. The first-order valence-corrected chi connectivity index (χ1v) is 6.99. The third kappa shape index (κ3) is 4.39. The average molecular weight is 284 g/mol. The van der Waals surface area contributed by atoms with E-state index >= 15 is 0 Å². The van der Waals surface area contributed by atoms with Crippen LogP contribution in [0.2, 0.25) is 0 Å². The fraction of sp³-hybridized carbons (Fsp3) is 0.294. The van der Waals surface area contributed by atoms with Crippen molar-refractivity contribution in [1.82, 2.24) is 4.98 Å². The van der Waals surface area contributed by atoms with E-state index in [1.165, 1.54) is 11.1 Å². The van der Waals surface area contributed by atoms with E-state index in [0.29, 0.717) is 24.1 Å². The van der Waals surface area contributed by atoms with E-state index in [9.17, 15) is 9.90 Å². The Morgan fingerprint density at radius 1 is 1.24 bits per heavy atom. The number of carbonyl (C=O) groups is 1. The number of rotatable bonds is 5. The molecule has 0 bridgehead atoms. The highest BCUT2D eigenvalue weighted by molar-refractivity contribution is 5.91. The molecule has 0 aliphatic carbocycles. The first-order valence-electron chi connectivity index (χ1n) is 6.99. The lowest BCUT2D eigenvalue weighted by Gasteiger charge is -2.09. The number of aryl methyl sites for hydroxylation is 3. The summed E-state index contributed by atoms with van der Waals surface area (Å²) in [6, 6.07) is 8.01. The van der Waals surface area contributed by atoms with Crippen molar-refractivity contribution in [3.05, 3.63) is 58.9 Å². The van der Waals surface area contributed by atoms with Gasteiger partial charge in [0.15, 0.2) is 0 Å². The number of nitrogens with zero attached hydrogens (tertiary/aromatic N) is 1. The van der Waals surface area contributed by atoms with Crippen LogP contribution in [0.15, 0.2) is 36.7 Å². The van der Waals surface area contributed by atoms with Gasteiger partial charge in [-0.1, -0.05) is 29.3 Å². The number of hydrogen-bond donors (Lipinski definition) is 2. The number of aliphatic hydroxyl groups excluding tert-OH is 1. The minimum absolute atomic E-state index is 0.0724. The molecular formula is C17H20N2O2. The Morgan fingerprint density at radius 3 is 2.62 bits per heavy atom. The van der Waals surface area contributed by atoms with Crippen LogP contribution in [-0.4, -0.2) is 16.0 Å². The van der Waals surface area contributed by atoms with Gasteiger partial charge in [-0.2, -0.15) is 0 Å². The first kappa shape index (κ1) is 15.2. The van der Waals surface area contributed by atoms with Gasteiger partial charge in [-0.15, -0.1) is 0 Å². The SMILES string of the molecule is Cc1cc(C)cc(CCC(=O)Nc2cnccc2CO)c1. The molecule has 1 aromatic heterocycles. The number of aliphatic hydroxyl groups is 1. The molecule has 0 saturated carbocycles. The number of pyridine rings is 1. The summed E-state index contributed by atoms with van der Waals surface area (Å²) in [7, 11) is 0.